The van der Waals surface area contributed by atoms with E-state index in [1.807, 2.05) is 59.2 Å². The number of benzene rings is 2. The minimum atomic E-state index is -0.0869. The summed E-state index contributed by atoms with van der Waals surface area (Å²) in [7, 11) is 0. The van der Waals surface area contributed by atoms with E-state index < -0.39 is 0 Å². The SMILES string of the molecule is CCN(c1ccc(NC(=O)CSc2nnc(-c3cccnc3)n2Cc2ccccc2)cc1)C(C)C. The molecule has 4 rings (SSSR count). The van der Waals surface area contributed by atoms with E-state index in [1.54, 1.807) is 12.4 Å². The Kier molecular flexibility index (Phi) is 8.15. The average molecular weight is 487 g/mol. The number of hydrogen-bond donors (Lipinski definition) is 1. The Balaban J connectivity index is 1.45. The smallest absolute Gasteiger partial charge is 0.234 e. The van der Waals surface area contributed by atoms with Gasteiger partial charge in [-0.2, -0.15) is 0 Å². The Labute approximate surface area is 210 Å². The van der Waals surface area contributed by atoms with Crippen LogP contribution in [0.5, 0.6) is 0 Å². The van der Waals surface area contributed by atoms with Gasteiger partial charge in [0.2, 0.25) is 5.91 Å². The van der Waals surface area contributed by atoms with Gasteiger partial charge < -0.3 is 10.2 Å². The van der Waals surface area contributed by atoms with Gasteiger partial charge in [-0.15, -0.1) is 10.2 Å². The summed E-state index contributed by atoms with van der Waals surface area (Å²) < 4.78 is 2.03. The number of pyridine rings is 1. The molecule has 0 atom stereocenters. The van der Waals surface area contributed by atoms with Crippen molar-refractivity contribution in [3.63, 3.8) is 0 Å². The Bertz CT molecular complexity index is 1230. The molecule has 8 heteroatoms. The third-order valence-electron chi connectivity index (χ3n) is 5.60. The third-order valence-corrected chi connectivity index (χ3v) is 6.57. The van der Waals surface area contributed by atoms with Gasteiger partial charge in [-0.25, -0.2) is 0 Å². The van der Waals surface area contributed by atoms with Crippen LogP contribution in [0.3, 0.4) is 0 Å². The van der Waals surface area contributed by atoms with Crippen molar-refractivity contribution in [2.75, 3.05) is 22.5 Å². The first-order chi connectivity index (χ1) is 17.0. The van der Waals surface area contributed by atoms with Gasteiger partial charge in [0.15, 0.2) is 11.0 Å². The van der Waals surface area contributed by atoms with Gasteiger partial charge in [0, 0.05) is 41.9 Å². The Morgan fingerprint density at radius 1 is 1.03 bits per heavy atom. The number of nitrogens with one attached hydrogen (secondary N) is 1. The molecule has 2 aromatic heterocycles. The first-order valence-electron chi connectivity index (χ1n) is 11.7. The van der Waals surface area contributed by atoms with Crippen LogP contribution in [-0.2, 0) is 11.3 Å². The molecule has 0 radical (unpaired) electrons. The number of aromatic nitrogens is 4. The van der Waals surface area contributed by atoms with E-state index in [4.69, 9.17) is 0 Å². The molecule has 0 aliphatic rings. The lowest BCUT2D eigenvalue weighted by Gasteiger charge is -2.27. The number of nitrogens with zero attached hydrogens (tertiary/aromatic N) is 5. The summed E-state index contributed by atoms with van der Waals surface area (Å²) >= 11 is 1.37. The van der Waals surface area contributed by atoms with Gasteiger partial charge in [-0.1, -0.05) is 42.1 Å². The largest absolute Gasteiger partial charge is 0.369 e. The number of thioether (sulfide) groups is 1. The molecule has 0 spiro atoms. The first kappa shape index (κ1) is 24.5. The predicted molar refractivity (Wildman–Crippen MR) is 143 cm³/mol. The number of anilines is 2. The maximum atomic E-state index is 12.7. The lowest BCUT2D eigenvalue weighted by Crippen LogP contribution is -2.30. The number of carbonyl (C=O) groups is 1. The van der Waals surface area contributed by atoms with Crippen molar-refractivity contribution in [2.24, 2.45) is 0 Å². The van der Waals surface area contributed by atoms with Crippen LogP contribution in [0.2, 0.25) is 0 Å². The highest BCUT2D eigenvalue weighted by molar-refractivity contribution is 7.99. The molecular weight excluding hydrogens is 456 g/mol. The summed E-state index contributed by atoms with van der Waals surface area (Å²) in [4.78, 5) is 19.2. The summed E-state index contributed by atoms with van der Waals surface area (Å²) in [6.45, 7) is 8.03. The maximum Gasteiger partial charge on any atom is 0.234 e. The molecule has 0 aliphatic heterocycles. The fourth-order valence-electron chi connectivity index (χ4n) is 3.92. The highest BCUT2D eigenvalue weighted by Gasteiger charge is 2.16. The van der Waals surface area contributed by atoms with Crippen LogP contribution in [0.4, 0.5) is 11.4 Å². The minimum Gasteiger partial charge on any atom is -0.369 e. The Morgan fingerprint density at radius 3 is 2.46 bits per heavy atom. The highest BCUT2D eigenvalue weighted by Crippen LogP contribution is 2.25. The van der Waals surface area contributed by atoms with Crippen LogP contribution in [0, 0.1) is 0 Å². The normalized spacial score (nSPS) is 11.0. The van der Waals surface area contributed by atoms with Crippen LogP contribution >= 0.6 is 11.8 Å². The van der Waals surface area contributed by atoms with E-state index >= 15 is 0 Å². The van der Waals surface area contributed by atoms with E-state index in [0.29, 0.717) is 17.7 Å². The van der Waals surface area contributed by atoms with Crippen molar-refractivity contribution in [1.82, 2.24) is 19.7 Å². The Hall–Kier alpha value is -3.65. The standard InChI is InChI=1S/C27H30N6OS/c1-4-32(20(2)3)24-14-12-23(13-15-24)29-25(34)19-35-27-31-30-26(22-11-8-16-28-17-22)33(27)18-21-9-6-5-7-10-21/h5-17,20H,4,18-19H2,1-3H3,(H,29,34). The van der Waals surface area contributed by atoms with Crippen molar-refractivity contribution in [3.05, 3.63) is 84.7 Å². The van der Waals surface area contributed by atoms with Crippen molar-refractivity contribution in [1.29, 1.82) is 0 Å². The number of carbonyl (C=O) groups excluding carboxylic acids is 1. The van der Waals surface area contributed by atoms with Gasteiger partial charge in [-0.05, 0) is 62.7 Å². The lowest BCUT2D eigenvalue weighted by molar-refractivity contribution is -0.113. The highest BCUT2D eigenvalue weighted by atomic mass is 32.2. The summed E-state index contributed by atoms with van der Waals surface area (Å²) in [5, 5.41) is 12.5. The zero-order valence-electron chi connectivity index (χ0n) is 20.3. The molecular formula is C27H30N6OS. The molecule has 4 aromatic rings. The number of amides is 1. The van der Waals surface area contributed by atoms with Crippen LogP contribution in [0.25, 0.3) is 11.4 Å². The van der Waals surface area contributed by atoms with Gasteiger partial charge >= 0.3 is 0 Å². The van der Waals surface area contributed by atoms with E-state index in [2.05, 4.69) is 58.3 Å². The molecule has 0 aliphatic carbocycles. The van der Waals surface area contributed by atoms with E-state index in [9.17, 15) is 4.79 Å². The molecule has 0 fully saturated rings. The lowest BCUT2D eigenvalue weighted by atomic mass is 10.2. The molecule has 1 N–H and O–H groups in total. The minimum absolute atomic E-state index is 0.0869. The molecule has 2 aromatic carbocycles. The van der Waals surface area contributed by atoms with Crippen LogP contribution in [0.15, 0.2) is 84.3 Å². The van der Waals surface area contributed by atoms with Gasteiger partial charge in [0.25, 0.3) is 0 Å². The van der Waals surface area contributed by atoms with Crippen LogP contribution in [0.1, 0.15) is 26.3 Å². The molecule has 0 bridgehead atoms. The molecule has 0 saturated heterocycles. The first-order valence-corrected chi connectivity index (χ1v) is 12.7. The molecule has 7 nitrogen and oxygen atoms in total. The molecule has 0 saturated carbocycles. The summed E-state index contributed by atoms with van der Waals surface area (Å²) in [5.74, 6) is 0.872. The van der Waals surface area contributed by atoms with Gasteiger partial charge in [0.1, 0.15) is 0 Å². The number of rotatable bonds is 10. The molecule has 180 valence electrons. The van der Waals surface area contributed by atoms with Crippen molar-refractivity contribution in [3.8, 4) is 11.4 Å². The van der Waals surface area contributed by atoms with Gasteiger partial charge in [0.05, 0.1) is 12.3 Å². The van der Waals surface area contributed by atoms with E-state index in [0.717, 1.165) is 34.9 Å². The average Bonchev–Trinajstić information content (AvgIpc) is 3.27. The Morgan fingerprint density at radius 2 is 1.80 bits per heavy atom. The van der Waals surface area contributed by atoms with Crippen molar-refractivity contribution < 1.29 is 4.79 Å². The van der Waals surface area contributed by atoms with E-state index in [-0.39, 0.29) is 11.7 Å². The van der Waals surface area contributed by atoms with E-state index in [1.165, 1.54) is 11.8 Å². The number of hydrogen-bond acceptors (Lipinski definition) is 6. The molecule has 35 heavy (non-hydrogen) atoms. The molecule has 2 heterocycles. The summed E-state index contributed by atoms with van der Waals surface area (Å²) in [6, 6.07) is 22.4. The second kappa shape index (κ2) is 11.7. The zero-order chi connectivity index (χ0) is 24.6. The fourth-order valence-corrected chi connectivity index (χ4v) is 4.66. The summed E-state index contributed by atoms with van der Waals surface area (Å²) in [6.07, 6.45) is 3.51. The zero-order valence-corrected chi connectivity index (χ0v) is 21.1. The van der Waals surface area contributed by atoms with Crippen molar-refractivity contribution >= 4 is 29.0 Å². The van der Waals surface area contributed by atoms with Gasteiger partial charge in [-0.3, -0.25) is 14.3 Å². The maximum absolute atomic E-state index is 12.7. The monoisotopic (exact) mass is 486 g/mol. The topological polar surface area (TPSA) is 75.9 Å². The quantitative estimate of drug-likeness (QED) is 0.304. The van der Waals surface area contributed by atoms with Crippen LogP contribution < -0.4 is 10.2 Å². The van der Waals surface area contributed by atoms with Crippen molar-refractivity contribution in [2.45, 2.75) is 38.5 Å². The second-order valence-electron chi connectivity index (χ2n) is 8.38. The summed E-state index contributed by atoms with van der Waals surface area (Å²) in [5.41, 5.74) is 3.94. The molecule has 1 amide bonds. The second-order valence-corrected chi connectivity index (χ2v) is 9.33. The fraction of sp³-hybridized carbons (Fsp3) is 0.259. The van der Waals surface area contributed by atoms with Crippen LogP contribution in [-0.4, -0.2) is 44.0 Å². The molecule has 0 unspecified atom stereocenters. The predicted octanol–water partition coefficient (Wildman–Crippen LogP) is 5.35. The third kappa shape index (κ3) is 6.27.